The minimum atomic E-state index is -3.15. The first-order valence-electron chi connectivity index (χ1n) is 5.02. The summed E-state index contributed by atoms with van der Waals surface area (Å²) < 4.78 is 30.3. The van der Waals surface area contributed by atoms with Gasteiger partial charge in [0.05, 0.1) is 0 Å². The molecule has 2 aromatic rings. The Hall–Kier alpha value is -1.64. The number of hydrogen-bond donors (Lipinski definition) is 0. The van der Waals surface area contributed by atoms with E-state index < -0.39 is 6.11 Å². The molecule has 0 bridgehead atoms. The minimum Gasteiger partial charge on any atom is -0.432 e. The number of fused-ring (bicyclic) bond motifs is 1. The Balaban J connectivity index is 2.59. The molecule has 0 spiro atoms. The van der Waals surface area contributed by atoms with E-state index in [4.69, 9.17) is 0 Å². The number of halogens is 2. The highest BCUT2D eigenvalue weighted by atomic mass is 19.3. The Kier molecular flexibility index (Phi) is 2.54. The maximum Gasteiger partial charge on any atom is 0.394 e. The topological polar surface area (TPSA) is 9.23 Å². The van der Waals surface area contributed by atoms with Crippen LogP contribution in [-0.2, 0) is 0 Å². The molecule has 1 nitrogen and oxygen atoms in total. The summed E-state index contributed by atoms with van der Waals surface area (Å²) in [7, 11) is 0. The fourth-order valence-corrected chi connectivity index (χ4v) is 1.70. The van der Waals surface area contributed by atoms with E-state index in [1.165, 1.54) is 0 Å². The average molecular weight is 222 g/mol. The Morgan fingerprint density at radius 2 is 1.62 bits per heavy atom. The van der Waals surface area contributed by atoms with Crippen LogP contribution in [0, 0.1) is 6.92 Å². The van der Waals surface area contributed by atoms with Crippen LogP contribution in [0.15, 0.2) is 36.4 Å². The predicted octanol–water partition coefficient (Wildman–Crippen LogP) is 4.14. The summed E-state index contributed by atoms with van der Waals surface area (Å²) in [5.74, 6) is 0.216. The van der Waals surface area contributed by atoms with E-state index in [1.54, 1.807) is 18.2 Å². The van der Waals surface area contributed by atoms with E-state index in [1.807, 2.05) is 25.1 Å². The van der Waals surface area contributed by atoms with Gasteiger partial charge >= 0.3 is 6.11 Å². The minimum absolute atomic E-state index is 0.216. The van der Waals surface area contributed by atoms with Gasteiger partial charge in [-0.25, -0.2) is 0 Å². The van der Waals surface area contributed by atoms with E-state index >= 15 is 0 Å². The number of hydrogen-bond acceptors (Lipinski definition) is 1. The second-order valence-electron chi connectivity index (χ2n) is 3.84. The number of ether oxygens (including phenoxy) is 1. The maximum atomic E-state index is 12.8. The lowest BCUT2D eigenvalue weighted by atomic mass is 10.1. The first kappa shape index (κ1) is 10.9. The van der Waals surface area contributed by atoms with Crippen molar-refractivity contribution < 1.29 is 13.5 Å². The first-order chi connectivity index (χ1) is 7.47. The average Bonchev–Trinajstić information content (AvgIpc) is 2.21. The maximum absolute atomic E-state index is 12.8. The van der Waals surface area contributed by atoms with Crippen LogP contribution >= 0.6 is 0 Å². The van der Waals surface area contributed by atoms with Crippen LogP contribution in [0.25, 0.3) is 10.8 Å². The van der Waals surface area contributed by atoms with Crippen LogP contribution in [0.4, 0.5) is 8.78 Å². The van der Waals surface area contributed by atoms with Gasteiger partial charge in [-0.15, -0.1) is 0 Å². The molecule has 0 N–H and O–H groups in total. The van der Waals surface area contributed by atoms with Crippen LogP contribution in [0.2, 0.25) is 0 Å². The molecular formula is C13H12F2O. The molecule has 0 aromatic heterocycles. The monoisotopic (exact) mass is 222 g/mol. The van der Waals surface area contributed by atoms with Crippen molar-refractivity contribution in [1.82, 2.24) is 0 Å². The van der Waals surface area contributed by atoms with Crippen molar-refractivity contribution in [3.63, 3.8) is 0 Å². The molecular weight excluding hydrogens is 210 g/mol. The van der Waals surface area contributed by atoms with Gasteiger partial charge in [0.2, 0.25) is 0 Å². The highest BCUT2D eigenvalue weighted by molar-refractivity contribution is 5.90. The molecule has 0 aliphatic rings. The largest absolute Gasteiger partial charge is 0.432 e. The van der Waals surface area contributed by atoms with Gasteiger partial charge in [0, 0.05) is 12.3 Å². The molecule has 0 fully saturated rings. The fourth-order valence-electron chi connectivity index (χ4n) is 1.70. The summed E-state index contributed by atoms with van der Waals surface area (Å²) in [5.41, 5.74) is 1.04. The summed E-state index contributed by atoms with van der Waals surface area (Å²) >= 11 is 0. The molecule has 0 saturated heterocycles. The second-order valence-corrected chi connectivity index (χ2v) is 3.84. The Bertz CT molecular complexity index is 515. The zero-order valence-corrected chi connectivity index (χ0v) is 9.13. The molecule has 3 heteroatoms. The van der Waals surface area contributed by atoms with E-state index in [0.29, 0.717) is 5.39 Å². The molecule has 0 heterocycles. The lowest BCUT2D eigenvalue weighted by Gasteiger charge is -2.15. The molecule has 0 atom stereocenters. The van der Waals surface area contributed by atoms with Gasteiger partial charge in [-0.2, -0.15) is 8.78 Å². The van der Waals surface area contributed by atoms with Crippen LogP contribution in [0.1, 0.15) is 12.5 Å². The number of alkyl halides is 2. The van der Waals surface area contributed by atoms with Gasteiger partial charge in [0.25, 0.3) is 0 Å². The van der Waals surface area contributed by atoms with Gasteiger partial charge < -0.3 is 4.74 Å². The zero-order chi connectivity index (χ0) is 11.8. The van der Waals surface area contributed by atoms with Crippen molar-refractivity contribution in [2.45, 2.75) is 20.0 Å². The highest BCUT2D eigenvalue weighted by Gasteiger charge is 2.24. The molecule has 84 valence electrons. The van der Waals surface area contributed by atoms with E-state index in [9.17, 15) is 8.78 Å². The summed E-state index contributed by atoms with van der Waals surface area (Å²) in [6.07, 6.45) is -3.15. The molecule has 0 unspecified atom stereocenters. The molecule has 2 aromatic carbocycles. The van der Waals surface area contributed by atoms with E-state index in [0.717, 1.165) is 17.9 Å². The fraction of sp³-hybridized carbons (Fsp3) is 0.231. The van der Waals surface area contributed by atoms with E-state index in [-0.39, 0.29) is 5.75 Å². The highest BCUT2D eigenvalue weighted by Crippen LogP contribution is 2.31. The summed E-state index contributed by atoms with van der Waals surface area (Å²) in [4.78, 5) is 0. The first-order valence-corrected chi connectivity index (χ1v) is 5.02. The summed E-state index contributed by atoms with van der Waals surface area (Å²) in [5, 5.41) is 1.65. The summed E-state index contributed by atoms with van der Waals surface area (Å²) in [6.45, 7) is 2.68. The number of aryl methyl sites for hydroxylation is 1. The van der Waals surface area contributed by atoms with E-state index in [2.05, 4.69) is 4.74 Å². The standard InChI is InChI=1S/C13H12F2O/c1-9-7-8-12(16-13(2,14)15)11-6-4-3-5-10(9)11/h3-8H,1-2H3. The van der Waals surface area contributed by atoms with Crippen molar-refractivity contribution in [1.29, 1.82) is 0 Å². The molecule has 0 aliphatic heterocycles. The van der Waals surface area contributed by atoms with Gasteiger partial charge in [-0.3, -0.25) is 0 Å². The number of benzene rings is 2. The quantitative estimate of drug-likeness (QED) is 0.742. The normalized spacial score (nSPS) is 11.8. The zero-order valence-electron chi connectivity index (χ0n) is 9.13. The molecule has 16 heavy (non-hydrogen) atoms. The van der Waals surface area contributed by atoms with Gasteiger partial charge in [0.1, 0.15) is 5.75 Å². The van der Waals surface area contributed by atoms with Crippen molar-refractivity contribution in [2.75, 3.05) is 0 Å². The molecule has 2 rings (SSSR count). The lowest BCUT2D eigenvalue weighted by Crippen LogP contribution is -2.19. The van der Waals surface area contributed by atoms with Gasteiger partial charge in [-0.1, -0.05) is 30.3 Å². The van der Waals surface area contributed by atoms with Crippen LogP contribution in [-0.4, -0.2) is 6.11 Å². The third-order valence-corrected chi connectivity index (χ3v) is 2.39. The molecule has 0 amide bonds. The lowest BCUT2D eigenvalue weighted by molar-refractivity contribution is -0.158. The summed E-state index contributed by atoms with van der Waals surface area (Å²) in [6, 6.07) is 10.7. The van der Waals surface area contributed by atoms with Crippen LogP contribution in [0.5, 0.6) is 5.75 Å². The Morgan fingerprint density at radius 1 is 1.00 bits per heavy atom. The van der Waals surface area contributed by atoms with Crippen molar-refractivity contribution in [3.05, 3.63) is 42.0 Å². The second kappa shape index (κ2) is 3.74. The molecule has 0 aliphatic carbocycles. The smallest absolute Gasteiger partial charge is 0.394 e. The van der Waals surface area contributed by atoms with Gasteiger partial charge in [0.15, 0.2) is 0 Å². The van der Waals surface area contributed by atoms with Crippen molar-refractivity contribution >= 4 is 10.8 Å². The molecule has 0 saturated carbocycles. The SMILES string of the molecule is Cc1ccc(OC(C)(F)F)c2ccccc12. The third kappa shape index (κ3) is 2.13. The number of rotatable bonds is 2. The van der Waals surface area contributed by atoms with Crippen molar-refractivity contribution in [3.8, 4) is 5.75 Å². The third-order valence-electron chi connectivity index (χ3n) is 2.39. The Labute approximate surface area is 92.7 Å². The Morgan fingerprint density at radius 3 is 2.25 bits per heavy atom. The molecule has 0 radical (unpaired) electrons. The predicted molar refractivity (Wildman–Crippen MR) is 59.9 cm³/mol. The van der Waals surface area contributed by atoms with Gasteiger partial charge in [-0.05, 0) is 23.9 Å². The van der Waals surface area contributed by atoms with Crippen LogP contribution in [0.3, 0.4) is 0 Å². The van der Waals surface area contributed by atoms with Crippen LogP contribution < -0.4 is 4.74 Å². The van der Waals surface area contributed by atoms with Crippen molar-refractivity contribution in [2.24, 2.45) is 0 Å².